The van der Waals surface area contributed by atoms with E-state index in [0.717, 1.165) is 4.31 Å². The number of piperazine rings is 1. The average molecular weight is 308 g/mol. The molecule has 112 valence electrons. The lowest BCUT2D eigenvalue weighted by Crippen LogP contribution is -2.63. The Balaban J connectivity index is 2.52. The fraction of sp³-hybridized carbons (Fsp3) is 0.385. The number of hydrogen-bond donors (Lipinski definition) is 2. The summed E-state index contributed by atoms with van der Waals surface area (Å²) in [4.78, 5) is 11.8. The fourth-order valence-electron chi connectivity index (χ4n) is 2.27. The molecular formula is C13H16N4O3S. The number of nitrogen functional groups attached to an aromatic ring is 1. The van der Waals surface area contributed by atoms with Crippen molar-refractivity contribution in [1.29, 1.82) is 5.26 Å². The first kappa shape index (κ1) is 15.3. The third-order valence-electron chi connectivity index (χ3n) is 3.49. The van der Waals surface area contributed by atoms with Crippen molar-refractivity contribution in [1.82, 2.24) is 9.62 Å². The fourth-order valence-corrected chi connectivity index (χ4v) is 4.12. The van der Waals surface area contributed by atoms with E-state index in [1.807, 2.05) is 6.07 Å². The molecule has 1 aromatic rings. The molecule has 21 heavy (non-hydrogen) atoms. The minimum absolute atomic E-state index is 0.00386. The molecule has 2 rings (SSSR count). The van der Waals surface area contributed by atoms with Crippen LogP contribution in [-0.4, -0.2) is 37.3 Å². The van der Waals surface area contributed by atoms with Gasteiger partial charge in [-0.15, -0.1) is 0 Å². The van der Waals surface area contributed by atoms with E-state index < -0.39 is 15.6 Å². The predicted octanol–water partition coefficient (Wildman–Crippen LogP) is 0.0396. The minimum Gasteiger partial charge on any atom is -0.398 e. The molecule has 1 heterocycles. The van der Waals surface area contributed by atoms with E-state index in [1.54, 1.807) is 13.8 Å². The maximum absolute atomic E-state index is 12.8. The van der Waals surface area contributed by atoms with Crippen LogP contribution < -0.4 is 11.1 Å². The number of carbonyl (C=O) groups excluding carboxylic acids is 1. The first-order chi connectivity index (χ1) is 9.71. The first-order valence-corrected chi connectivity index (χ1v) is 7.76. The van der Waals surface area contributed by atoms with E-state index in [4.69, 9.17) is 11.0 Å². The molecule has 0 bridgehead atoms. The van der Waals surface area contributed by atoms with Crippen molar-refractivity contribution < 1.29 is 13.2 Å². The number of nitriles is 1. The molecule has 0 radical (unpaired) electrons. The minimum atomic E-state index is -3.92. The highest BCUT2D eigenvalue weighted by Crippen LogP contribution is 2.29. The molecule has 1 aromatic carbocycles. The van der Waals surface area contributed by atoms with Gasteiger partial charge < -0.3 is 11.1 Å². The van der Waals surface area contributed by atoms with Gasteiger partial charge in [-0.1, -0.05) is 0 Å². The van der Waals surface area contributed by atoms with Gasteiger partial charge in [-0.2, -0.15) is 9.57 Å². The Labute approximate surface area is 123 Å². The lowest BCUT2D eigenvalue weighted by molar-refractivity contribution is -0.131. The van der Waals surface area contributed by atoms with E-state index >= 15 is 0 Å². The quantitative estimate of drug-likeness (QED) is 0.748. The number of anilines is 1. The Morgan fingerprint density at radius 2 is 2.10 bits per heavy atom. The van der Waals surface area contributed by atoms with Crippen molar-refractivity contribution in [3.63, 3.8) is 0 Å². The molecule has 1 aliphatic heterocycles. The molecule has 3 N–H and O–H groups in total. The summed E-state index contributed by atoms with van der Waals surface area (Å²) in [5, 5.41) is 11.4. The summed E-state index contributed by atoms with van der Waals surface area (Å²) in [5.74, 6) is -0.357. The summed E-state index contributed by atoms with van der Waals surface area (Å²) in [6, 6.07) is 5.89. The highest BCUT2D eigenvalue weighted by molar-refractivity contribution is 7.89. The van der Waals surface area contributed by atoms with Gasteiger partial charge in [0.05, 0.1) is 17.3 Å². The number of hydrogen-bond acceptors (Lipinski definition) is 5. The molecule has 0 aromatic heterocycles. The van der Waals surface area contributed by atoms with Crippen LogP contribution in [0.1, 0.15) is 19.4 Å². The number of rotatable bonds is 2. The van der Waals surface area contributed by atoms with Gasteiger partial charge in [0.15, 0.2) is 0 Å². The predicted molar refractivity (Wildman–Crippen MR) is 76.5 cm³/mol. The number of benzene rings is 1. The average Bonchev–Trinajstić information content (AvgIpc) is 2.41. The lowest BCUT2D eigenvalue weighted by atomic mass is 10.0. The van der Waals surface area contributed by atoms with Gasteiger partial charge in [0.2, 0.25) is 15.9 Å². The van der Waals surface area contributed by atoms with Crippen LogP contribution >= 0.6 is 0 Å². The highest BCUT2D eigenvalue weighted by atomic mass is 32.2. The summed E-state index contributed by atoms with van der Waals surface area (Å²) in [6.07, 6.45) is 0. The zero-order valence-corrected chi connectivity index (χ0v) is 12.6. The first-order valence-electron chi connectivity index (χ1n) is 6.32. The Hall–Kier alpha value is -2.11. The molecule has 1 saturated heterocycles. The molecule has 8 heteroatoms. The van der Waals surface area contributed by atoms with Gasteiger partial charge in [-0.05, 0) is 32.0 Å². The van der Waals surface area contributed by atoms with Crippen LogP contribution in [0.2, 0.25) is 0 Å². The molecule has 0 saturated carbocycles. The third kappa shape index (κ3) is 2.46. The van der Waals surface area contributed by atoms with E-state index in [-0.39, 0.29) is 35.1 Å². The zero-order valence-electron chi connectivity index (χ0n) is 11.8. The van der Waals surface area contributed by atoms with Crippen LogP contribution in [0.25, 0.3) is 0 Å². The van der Waals surface area contributed by atoms with Crippen LogP contribution in [0.3, 0.4) is 0 Å². The molecule has 1 amide bonds. The largest absolute Gasteiger partial charge is 0.398 e. The second-order valence-electron chi connectivity index (χ2n) is 5.26. The normalized spacial score (nSPS) is 18.8. The van der Waals surface area contributed by atoms with Crippen molar-refractivity contribution in [2.24, 2.45) is 0 Å². The second kappa shape index (κ2) is 5.02. The maximum atomic E-state index is 12.8. The Kier molecular flexibility index (Phi) is 3.65. The molecule has 0 atom stereocenters. The summed E-state index contributed by atoms with van der Waals surface area (Å²) >= 11 is 0. The number of amides is 1. The van der Waals surface area contributed by atoms with Gasteiger partial charge >= 0.3 is 0 Å². The van der Waals surface area contributed by atoms with Gasteiger partial charge in [0.1, 0.15) is 10.4 Å². The molecule has 1 fully saturated rings. The molecule has 1 aliphatic rings. The van der Waals surface area contributed by atoms with Crippen molar-refractivity contribution in [2.75, 3.05) is 18.8 Å². The van der Waals surface area contributed by atoms with Crippen LogP contribution in [0.4, 0.5) is 5.69 Å². The van der Waals surface area contributed by atoms with E-state index in [1.165, 1.54) is 18.2 Å². The Bertz CT molecular complexity index is 734. The lowest BCUT2D eigenvalue weighted by Gasteiger charge is -2.40. The summed E-state index contributed by atoms with van der Waals surface area (Å²) in [6.45, 7) is 3.50. The van der Waals surface area contributed by atoms with Crippen LogP contribution in [0.15, 0.2) is 23.1 Å². The standard InChI is InChI=1S/C13H16N4O3S/c1-13(2)12(18)16-5-6-17(13)21(19,20)11-4-3-9(8-14)7-10(11)15/h3-4,7H,5-6,15H2,1-2H3,(H,16,18). The smallest absolute Gasteiger partial charge is 0.246 e. The molecule has 0 unspecified atom stereocenters. The van der Waals surface area contributed by atoms with Crippen molar-refractivity contribution in [3.8, 4) is 6.07 Å². The molecule has 0 aliphatic carbocycles. The zero-order chi connectivity index (χ0) is 15.8. The number of nitrogens with two attached hydrogens (primary N) is 1. The monoisotopic (exact) mass is 308 g/mol. The van der Waals surface area contributed by atoms with Crippen LogP contribution in [0.5, 0.6) is 0 Å². The number of carbonyl (C=O) groups is 1. The van der Waals surface area contributed by atoms with Crippen molar-refractivity contribution in [3.05, 3.63) is 23.8 Å². The van der Waals surface area contributed by atoms with Crippen molar-refractivity contribution in [2.45, 2.75) is 24.3 Å². The molecule has 7 nitrogen and oxygen atoms in total. The SMILES string of the molecule is CC1(C)C(=O)NCCN1S(=O)(=O)c1ccc(C#N)cc1N. The van der Waals surface area contributed by atoms with Gasteiger partial charge in [0.25, 0.3) is 0 Å². The topological polar surface area (TPSA) is 116 Å². The van der Waals surface area contributed by atoms with Crippen molar-refractivity contribution >= 4 is 21.6 Å². The molecule has 0 spiro atoms. The number of nitrogens with zero attached hydrogens (tertiary/aromatic N) is 2. The summed E-state index contributed by atoms with van der Waals surface area (Å²) in [5.41, 5.74) is 4.83. The summed E-state index contributed by atoms with van der Waals surface area (Å²) < 4.78 is 26.6. The third-order valence-corrected chi connectivity index (χ3v) is 5.63. The number of sulfonamides is 1. The molecular weight excluding hydrogens is 292 g/mol. The highest BCUT2D eigenvalue weighted by Gasteiger charge is 2.45. The maximum Gasteiger partial charge on any atom is 0.246 e. The van der Waals surface area contributed by atoms with Gasteiger partial charge in [0, 0.05) is 13.1 Å². The van der Waals surface area contributed by atoms with Crippen LogP contribution in [-0.2, 0) is 14.8 Å². The van der Waals surface area contributed by atoms with Gasteiger partial charge in [-0.3, -0.25) is 4.79 Å². The Morgan fingerprint density at radius 1 is 1.43 bits per heavy atom. The second-order valence-corrected chi connectivity index (χ2v) is 7.09. The van der Waals surface area contributed by atoms with E-state index in [2.05, 4.69) is 5.32 Å². The van der Waals surface area contributed by atoms with E-state index in [9.17, 15) is 13.2 Å². The van der Waals surface area contributed by atoms with Crippen LogP contribution in [0, 0.1) is 11.3 Å². The Morgan fingerprint density at radius 3 is 2.67 bits per heavy atom. The van der Waals surface area contributed by atoms with Gasteiger partial charge in [-0.25, -0.2) is 8.42 Å². The number of nitrogens with one attached hydrogen (secondary N) is 1. The summed E-state index contributed by atoms with van der Waals surface area (Å²) in [7, 11) is -3.92. The van der Waals surface area contributed by atoms with E-state index in [0.29, 0.717) is 0 Å².